The number of nitrogens with one attached hydrogen (secondary N) is 1. The Morgan fingerprint density at radius 2 is 2.00 bits per heavy atom. The maximum absolute atomic E-state index is 5.52. The van der Waals surface area contributed by atoms with Crippen molar-refractivity contribution in [2.24, 2.45) is 5.84 Å². The highest BCUT2D eigenvalue weighted by atomic mass is 15.3. The van der Waals surface area contributed by atoms with Crippen molar-refractivity contribution in [1.82, 2.24) is 9.97 Å². The summed E-state index contributed by atoms with van der Waals surface area (Å²) in [5.41, 5.74) is 4.98. The van der Waals surface area contributed by atoms with E-state index in [-0.39, 0.29) is 0 Å². The summed E-state index contributed by atoms with van der Waals surface area (Å²) in [6.07, 6.45) is 2.34. The Hall–Kier alpha value is -2.14. The van der Waals surface area contributed by atoms with Gasteiger partial charge in [-0.15, -0.1) is 0 Å². The molecule has 0 aliphatic heterocycles. The van der Waals surface area contributed by atoms with Crippen molar-refractivity contribution in [2.45, 2.75) is 25.7 Å². The van der Waals surface area contributed by atoms with E-state index in [1.54, 1.807) is 0 Å². The molecule has 20 heavy (non-hydrogen) atoms. The minimum Gasteiger partial charge on any atom is -0.329 e. The van der Waals surface area contributed by atoms with E-state index in [4.69, 9.17) is 5.84 Å². The molecule has 104 valence electrons. The number of hydrogen-bond donors (Lipinski definition) is 2. The average Bonchev–Trinajstić information content (AvgIpc) is 3.31. The molecule has 0 saturated heterocycles. The predicted octanol–water partition coefficient (Wildman–Crippen LogP) is 2.72. The minimum atomic E-state index is 0.493. The van der Waals surface area contributed by atoms with Crippen LogP contribution >= 0.6 is 0 Å². The van der Waals surface area contributed by atoms with Gasteiger partial charge in [-0.25, -0.2) is 15.8 Å². The van der Waals surface area contributed by atoms with Gasteiger partial charge in [0.25, 0.3) is 0 Å². The number of hydrogen-bond acceptors (Lipinski definition) is 5. The summed E-state index contributed by atoms with van der Waals surface area (Å²) < 4.78 is 0. The SMILES string of the molecule is Cc1ccccc1N(C)c1cc(NN)nc(C2CC2)n1. The first-order chi connectivity index (χ1) is 9.69. The van der Waals surface area contributed by atoms with Crippen LogP contribution in [0, 0.1) is 6.92 Å². The van der Waals surface area contributed by atoms with Crippen LogP contribution in [0.5, 0.6) is 0 Å². The summed E-state index contributed by atoms with van der Waals surface area (Å²) in [5.74, 6) is 8.43. The van der Waals surface area contributed by atoms with Gasteiger partial charge in [0.15, 0.2) is 0 Å². The Labute approximate surface area is 118 Å². The fourth-order valence-corrected chi connectivity index (χ4v) is 2.29. The molecule has 0 radical (unpaired) electrons. The number of hydrazine groups is 1. The summed E-state index contributed by atoms with van der Waals surface area (Å²) in [7, 11) is 2.02. The maximum Gasteiger partial charge on any atom is 0.145 e. The number of rotatable bonds is 4. The lowest BCUT2D eigenvalue weighted by molar-refractivity contribution is 0.913. The average molecular weight is 269 g/mol. The topological polar surface area (TPSA) is 67.1 Å². The van der Waals surface area contributed by atoms with Crippen LogP contribution in [-0.4, -0.2) is 17.0 Å². The molecule has 0 bridgehead atoms. The molecule has 1 aliphatic carbocycles. The third-order valence-electron chi connectivity index (χ3n) is 3.64. The molecule has 1 fully saturated rings. The molecule has 1 heterocycles. The first-order valence-electron chi connectivity index (χ1n) is 6.84. The van der Waals surface area contributed by atoms with Crippen molar-refractivity contribution in [3.63, 3.8) is 0 Å². The molecule has 0 unspecified atom stereocenters. The molecule has 2 aromatic rings. The normalized spacial score (nSPS) is 14.2. The summed E-state index contributed by atoms with van der Waals surface area (Å²) in [6.45, 7) is 2.09. The van der Waals surface area contributed by atoms with Gasteiger partial charge in [0.05, 0.1) is 0 Å². The van der Waals surface area contributed by atoms with Gasteiger partial charge in [0.2, 0.25) is 0 Å². The van der Waals surface area contributed by atoms with Gasteiger partial charge in [-0.05, 0) is 31.4 Å². The van der Waals surface area contributed by atoms with E-state index < -0.39 is 0 Å². The molecular weight excluding hydrogens is 250 g/mol. The second kappa shape index (κ2) is 5.09. The van der Waals surface area contributed by atoms with Crippen molar-refractivity contribution < 1.29 is 0 Å². The molecule has 3 rings (SSSR count). The van der Waals surface area contributed by atoms with E-state index in [0.717, 1.165) is 17.3 Å². The number of para-hydroxylation sites is 1. The van der Waals surface area contributed by atoms with Gasteiger partial charge >= 0.3 is 0 Å². The number of nitrogen functional groups attached to an aromatic ring is 1. The van der Waals surface area contributed by atoms with Crippen molar-refractivity contribution in [1.29, 1.82) is 0 Å². The lowest BCUT2D eigenvalue weighted by atomic mass is 10.2. The number of nitrogens with zero attached hydrogens (tertiary/aromatic N) is 3. The summed E-state index contributed by atoms with van der Waals surface area (Å²) in [4.78, 5) is 11.2. The molecule has 0 amide bonds. The Bertz CT molecular complexity index is 621. The maximum atomic E-state index is 5.52. The number of aromatic nitrogens is 2. The molecule has 0 spiro atoms. The Balaban J connectivity index is 2.00. The molecule has 1 saturated carbocycles. The van der Waals surface area contributed by atoms with Crippen LogP contribution in [0.4, 0.5) is 17.3 Å². The lowest BCUT2D eigenvalue weighted by Gasteiger charge is -2.21. The fraction of sp³-hybridized carbons (Fsp3) is 0.333. The number of aryl methyl sites for hydroxylation is 1. The van der Waals surface area contributed by atoms with Crippen molar-refractivity contribution >= 4 is 17.3 Å². The fourth-order valence-electron chi connectivity index (χ4n) is 2.29. The molecule has 5 heteroatoms. The van der Waals surface area contributed by atoms with Gasteiger partial charge < -0.3 is 10.3 Å². The number of anilines is 3. The third-order valence-corrected chi connectivity index (χ3v) is 3.64. The van der Waals surface area contributed by atoms with Crippen LogP contribution in [0.2, 0.25) is 0 Å². The number of nitrogens with two attached hydrogens (primary N) is 1. The Kier molecular flexibility index (Phi) is 3.28. The van der Waals surface area contributed by atoms with Crippen LogP contribution in [0.15, 0.2) is 30.3 Å². The van der Waals surface area contributed by atoms with Crippen molar-refractivity contribution in [3.05, 3.63) is 41.7 Å². The quantitative estimate of drug-likeness (QED) is 0.660. The van der Waals surface area contributed by atoms with Gasteiger partial charge in [0, 0.05) is 24.7 Å². The van der Waals surface area contributed by atoms with E-state index in [1.807, 2.05) is 25.2 Å². The highest BCUT2D eigenvalue weighted by molar-refractivity contribution is 5.64. The highest BCUT2D eigenvalue weighted by Crippen LogP contribution is 2.39. The molecule has 1 aromatic carbocycles. The third kappa shape index (κ3) is 2.44. The molecular formula is C15H19N5. The molecule has 1 aromatic heterocycles. The summed E-state index contributed by atoms with van der Waals surface area (Å²) in [5, 5.41) is 0. The van der Waals surface area contributed by atoms with E-state index in [0.29, 0.717) is 11.7 Å². The second-order valence-corrected chi connectivity index (χ2v) is 5.23. The second-order valence-electron chi connectivity index (χ2n) is 5.23. The molecule has 1 aliphatic rings. The van der Waals surface area contributed by atoms with Crippen molar-refractivity contribution in [3.8, 4) is 0 Å². The predicted molar refractivity (Wildman–Crippen MR) is 81.1 cm³/mol. The molecule has 5 nitrogen and oxygen atoms in total. The summed E-state index contributed by atoms with van der Waals surface area (Å²) in [6, 6.07) is 10.1. The highest BCUT2D eigenvalue weighted by Gasteiger charge is 2.27. The van der Waals surface area contributed by atoms with Crippen LogP contribution in [-0.2, 0) is 0 Å². The summed E-state index contributed by atoms with van der Waals surface area (Å²) >= 11 is 0. The molecule has 0 atom stereocenters. The number of benzene rings is 1. The Morgan fingerprint density at radius 3 is 2.65 bits per heavy atom. The Morgan fingerprint density at radius 1 is 1.25 bits per heavy atom. The minimum absolute atomic E-state index is 0.493. The lowest BCUT2D eigenvalue weighted by Crippen LogP contribution is -2.16. The molecule has 3 N–H and O–H groups in total. The van der Waals surface area contributed by atoms with Crippen LogP contribution in [0.1, 0.15) is 30.1 Å². The van der Waals surface area contributed by atoms with E-state index in [9.17, 15) is 0 Å². The van der Waals surface area contributed by atoms with E-state index in [1.165, 1.54) is 18.4 Å². The van der Waals surface area contributed by atoms with Crippen LogP contribution in [0.3, 0.4) is 0 Å². The first kappa shape index (κ1) is 12.9. The zero-order chi connectivity index (χ0) is 14.1. The van der Waals surface area contributed by atoms with Crippen molar-refractivity contribution in [2.75, 3.05) is 17.4 Å². The van der Waals surface area contributed by atoms with E-state index >= 15 is 0 Å². The smallest absolute Gasteiger partial charge is 0.145 e. The first-order valence-corrected chi connectivity index (χ1v) is 6.84. The van der Waals surface area contributed by atoms with Gasteiger partial charge in [0.1, 0.15) is 17.5 Å². The van der Waals surface area contributed by atoms with Crippen LogP contribution < -0.4 is 16.2 Å². The monoisotopic (exact) mass is 269 g/mol. The van der Waals surface area contributed by atoms with Gasteiger partial charge in [-0.1, -0.05) is 18.2 Å². The zero-order valence-corrected chi connectivity index (χ0v) is 11.8. The van der Waals surface area contributed by atoms with Gasteiger partial charge in [-0.3, -0.25) is 0 Å². The zero-order valence-electron chi connectivity index (χ0n) is 11.8. The van der Waals surface area contributed by atoms with Crippen LogP contribution in [0.25, 0.3) is 0 Å². The van der Waals surface area contributed by atoms with E-state index in [2.05, 4.69) is 39.4 Å². The standard InChI is InChI=1S/C15H19N5/c1-10-5-3-4-6-12(10)20(2)14-9-13(19-16)17-15(18-14)11-7-8-11/h3-6,9,11H,7-8,16H2,1-2H3,(H,17,18,19). The van der Waals surface area contributed by atoms with Gasteiger partial charge in [-0.2, -0.15) is 0 Å². The largest absolute Gasteiger partial charge is 0.329 e.